The molecule has 0 saturated carbocycles. The number of halogens is 1. The van der Waals surface area contributed by atoms with E-state index < -0.39 is 29.5 Å². The summed E-state index contributed by atoms with van der Waals surface area (Å²) in [6.45, 7) is 4.18. The van der Waals surface area contributed by atoms with E-state index in [1.54, 1.807) is 42.4 Å². The third-order valence-electron chi connectivity index (χ3n) is 12.7. The molecule has 3 saturated heterocycles. The number of nitrogens with zero attached hydrogens (tertiary/aromatic N) is 9. The van der Waals surface area contributed by atoms with Crippen LogP contribution in [0.4, 0.5) is 21.0 Å². The molecular formula is C45H46FN11O6S. The number of aliphatic hydroxyl groups is 1. The predicted octanol–water partition coefficient (Wildman–Crippen LogP) is 4.32. The van der Waals surface area contributed by atoms with E-state index in [4.69, 9.17) is 9.84 Å². The second-order valence-corrected chi connectivity index (χ2v) is 17.7. The maximum absolute atomic E-state index is 15.8. The molecule has 2 atom stereocenters. The lowest BCUT2D eigenvalue weighted by Crippen LogP contribution is -2.52. The molecule has 17 nitrogen and oxygen atoms in total. The minimum absolute atomic E-state index is 0.0484. The molecule has 8 heterocycles. The average molecular weight is 888 g/mol. The van der Waals surface area contributed by atoms with Crippen molar-refractivity contribution in [1.82, 2.24) is 39.5 Å². The van der Waals surface area contributed by atoms with E-state index in [1.165, 1.54) is 22.1 Å². The second-order valence-electron chi connectivity index (χ2n) is 16.8. The Balaban J connectivity index is 0.738. The van der Waals surface area contributed by atoms with Gasteiger partial charge in [-0.25, -0.2) is 19.3 Å². The SMILES string of the molecule is O=C1CCC(Oc2ccc(N3CCC(O)(CC(=O)N4CCN(c5ccc(-c6cc(F)c7cn(C(C(=O)Nc8nccs8)c8ncn9c8CCC9)nc7c6)cc5)CC4)CC3)nc2)C(=O)N1. The number of fused-ring (bicyclic) bond motifs is 2. The van der Waals surface area contributed by atoms with E-state index >= 15 is 4.39 Å². The van der Waals surface area contributed by atoms with Gasteiger partial charge in [-0.1, -0.05) is 12.1 Å². The van der Waals surface area contributed by atoms with Crippen molar-refractivity contribution < 1.29 is 33.4 Å². The molecule has 6 aromatic rings. The number of imide groups is 1. The number of aryl methyl sites for hydroxylation is 1. The zero-order valence-corrected chi connectivity index (χ0v) is 35.7. The van der Waals surface area contributed by atoms with E-state index in [0.717, 1.165) is 36.3 Å². The van der Waals surface area contributed by atoms with Crippen molar-refractivity contribution in [3.05, 3.63) is 96.0 Å². The van der Waals surface area contributed by atoms with E-state index in [2.05, 4.69) is 40.0 Å². The number of pyridine rings is 1. The zero-order chi connectivity index (χ0) is 44.0. The van der Waals surface area contributed by atoms with Crippen molar-refractivity contribution in [3.63, 3.8) is 0 Å². The Morgan fingerprint density at radius 2 is 1.77 bits per heavy atom. The highest BCUT2D eigenvalue weighted by molar-refractivity contribution is 7.13. The molecule has 0 bridgehead atoms. The minimum Gasteiger partial charge on any atom is -0.479 e. The number of thiazole rings is 1. The third-order valence-corrected chi connectivity index (χ3v) is 13.4. The van der Waals surface area contributed by atoms with Crippen LogP contribution in [0.3, 0.4) is 0 Å². The highest BCUT2D eigenvalue weighted by atomic mass is 32.1. The van der Waals surface area contributed by atoms with Crippen LogP contribution in [0.25, 0.3) is 22.0 Å². The summed E-state index contributed by atoms with van der Waals surface area (Å²) in [5.41, 5.74) is 3.31. The first-order valence-electron chi connectivity index (χ1n) is 21.6. The van der Waals surface area contributed by atoms with Crippen molar-refractivity contribution in [2.45, 2.75) is 69.2 Å². The van der Waals surface area contributed by atoms with Crippen molar-refractivity contribution in [3.8, 4) is 16.9 Å². The number of imidazole rings is 1. The van der Waals surface area contributed by atoms with Gasteiger partial charge in [0.25, 0.3) is 11.8 Å². The molecule has 0 spiro atoms. The fourth-order valence-corrected chi connectivity index (χ4v) is 9.67. The number of aromatic nitrogens is 6. The van der Waals surface area contributed by atoms with Crippen LogP contribution in [0.5, 0.6) is 5.75 Å². The summed E-state index contributed by atoms with van der Waals surface area (Å²) in [6, 6.07) is 13.8. The van der Waals surface area contributed by atoms with Crippen molar-refractivity contribution in [2.75, 3.05) is 54.4 Å². The molecule has 10 rings (SSSR count). The Morgan fingerprint density at radius 3 is 2.50 bits per heavy atom. The van der Waals surface area contributed by atoms with E-state index in [-0.39, 0.29) is 30.6 Å². The summed E-state index contributed by atoms with van der Waals surface area (Å²) >= 11 is 1.31. The van der Waals surface area contributed by atoms with Gasteiger partial charge in [-0.2, -0.15) is 5.10 Å². The summed E-state index contributed by atoms with van der Waals surface area (Å²) in [5.74, 6) is -0.487. The molecule has 4 aromatic heterocycles. The van der Waals surface area contributed by atoms with Crippen LogP contribution in [0.2, 0.25) is 0 Å². The number of piperidine rings is 2. The monoisotopic (exact) mass is 887 g/mol. The van der Waals surface area contributed by atoms with Crippen LogP contribution < -0.4 is 25.2 Å². The lowest BCUT2D eigenvalue weighted by atomic mass is 9.87. The van der Waals surface area contributed by atoms with Crippen molar-refractivity contribution >= 4 is 62.5 Å². The summed E-state index contributed by atoms with van der Waals surface area (Å²) in [7, 11) is 0. The molecule has 64 heavy (non-hydrogen) atoms. The predicted molar refractivity (Wildman–Crippen MR) is 235 cm³/mol. The third kappa shape index (κ3) is 8.39. The molecule has 2 aromatic carbocycles. The average Bonchev–Trinajstić information content (AvgIpc) is 4.13. The van der Waals surface area contributed by atoms with Gasteiger partial charge in [-0.05, 0) is 73.2 Å². The van der Waals surface area contributed by atoms with Gasteiger partial charge in [-0.3, -0.25) is 34.5 Å². The Morgan fingerprint density at radius 1 is 0.953 bits per heavy atom. The zero-order valence-electron chi connectivity index (χ0n) is 34.9. The number of carbonyl (C=O) groups is 4. The molecular weight excluding hydrogens is 842 g/mol. The highest BCUT2D eigenvalue weighted by Crippen LogP contribution is 2.34. The number of anilines is 3. The molecule has 330 valence electrons. The van der Waals surface area contributed by atoms with Crippen LogP contribution in [-0.4, -0.2) is 114 Å². The number of ether oxygens (including phenoxy) is 1. The highest BCUT2D eigenvalue weighted by Gasteiger charge is 2.37. The van der Waals surface area contributed by atoms with E-state index in [0.29, 0.717) is 97.4 Å². The van der Waals surface area contributed by atoms with Gasteiger partial charge in [0.1, 0.15) is 17.4 Å². The number of nitrogens with one attached hydrogen (secondary N) is 2. The standard InChI is InChI=1S/C45H46FN11O6S/c46-33-22-29(23-34-32(33)26-57(52-34)41(43(61)51-44-47-13-21-64-44)40-35-2-1-14-56(35)27-49-40)28-3-5-30(6-4-28)53-17-19-55(20-18-53)39(59)24-45(62)11-15-54(16-12-45)37-9-7-31(25-48-37)63-36-8-10-38(58)50-42(36)60/h3-7,9,13,21-23,25-27,36,41,62H,1-2,8,10-12,14-20,24H2,(H,47,51,61)(H,50,58,60). The fraction of sp³-hybridized carbons (Fsp3) is 0.378. The second kappa shape index (κ2) is 17.1. The Hall–Kier alpha value is -6.73. The lowest BCUT2D eigenvalue weighted by Gasteiger charge is -2.41. The first kappa shape index (κ1) is 41.3. The van der Waals surface area contributed by atoms with E-state index in [9.17, 15) is 24.3 Å². The van der Waals surface area contributed by atoms with Crippen LogP contribution in [0, 0.1) is 5.82 Å². The maximum atomic E-state index is 15.8. The van der Waals surface area contributed by atoms with Gasteiger partial charge in [0.15, 0.2) is 17.3 Å². The van der Waals surface area contributed by atoms with Gasteiger partial charge in [0.05, 0.1) is 41.1 Å². The first-order valence-corrected chi connectivity index (χ1v) is 22.4. The number of benzene rings is 2. The van der Waals surface area contributed by atoms with Crippen molar-refractivity contribution in [1.29, 1.82) is 0 Å². The van der Waals surface area contributed by atoms with Gasteiger partial charge in [0, 0.05) is 87.8 Å². The summed E-state index contributed by atoms with van der Waals surface area (Å²) in [5, 5.41) is 23.9. The van der Waals surface area contributed by atoms with Crippen LogP contribution >= 0.6 is 11.3 Å². The molecule has 0 radical (unpaired) electrons. The van der Waals surface area contributed by atoms with Gasteiger partial charge >= 0.3 is 0 Å². The molecule has 3 N–H and O–H groups in total. The summed E-state index contributed by atoms with van der Waals surface area (Å²) < 4.78 is 25.1. The number of hydrogen-bond acceptors (Lipinski definition) is 13. The lowest BCUT2D eigenvalue weighted by molar-refractivity contribution is -0.139. The molecule has 4 aliphatic rings. The van der Waals surface area contributed by atoms with E-state index in [1.807, 2.05) is 35.2 Å². The smallest absolute Gasteiger partial charge is 0.267 e. The Bertz CT molecular complexity index is 2710. The first-order chi connectivity index (χ1) is 31.1. The number of piperazine rings is 1. The molecule has 0 aliphatic carbocycles. The largest absolute Gasteiger partial charge is 0.479 e. The number of rotatable bonds is 11. The molecule has 4 amide bonds. The normalized spacial score (nSPS) is 19.1. The molecule has 4 aliphatic heterocycles. The van der Waals surface area contributed by atoms with Gasteiger partial charge in [0.2, 0.25) is 11.8 Å². The maximum Gasteiger partial charge on any atom is 0.267 e. The van der Waals surface area contributed by atoms with Crippen LogP contribution in [0.1, 0.15) is 56.0 Å². The Kier molecular flexibility index (Phi) is 11.0. The number of amides is 4. The topological polar surface area (TPSA) is 193 Å². The molecule has 19 heteroatoms. The minimum atomic E-state index is -1.12. The Labute approximate surface area is 370 Å². The van der Waals surface area contributed by atoms with Gasteiger partial charge < -0.3 is 29.1 Å². The van der Waals surface area contributed by atoms with Crippen LogP contribution in [0.15, 0.2) is 78.8 Å². The van der Waals surface area contributed by atoms with Gasteiger partial charge in [-0.15, -0.1) is 11.3 Å². The summed E-state index contributed by atoms with van der Waals surface area (Å²) in [4.78, 5) is 70.1. The van der Waals surface area contributed by atoms with Crippen LogP contribution in [-0.2, 0) is 32.1 Å². The summed E-state index contributed by atoms with van der Waals surface area (Å²) in [6.07, 6.45) is 8.92. The number of carbonyl (C=O) groups excluding carboxylic acids is 4. The van der Waals surface area contributed by atoms with Crippen molar-refractivity contribution in [2.24, 2.45) is 0 Å². The molecule has 3 fully saturated rings. The quantitative estimate of drug-likeness (QED) is 0.156. The fourth-order valence-electron chi connectivity index (χ4n) is 9.14. The molecule has 2 unspecified atom stereocenters. The number of hydrogen-bond donors (Lipinski definition) is 3.